The van der Waals surface area contributed by atoms with Gasteiger partial charge in [-0.2, -0.15) is 0 Å². The van der Waals surface area contributed by atoms with Gasteiger partial charge in [0, 0.05) is 32.7 Å². The fourth-order valence-corrected chi connectivity index (χ4v) is 2.02. The van der Waals surface area contributed by atoms with Gasteiger partial charge in [-0.15, -0.1) is 0 Å². The summed E-state index contributed by atoms with van der Waals surface area (Å²) in [6.45, 7) is 13.9. The fraction of sp³-hybridized carbons (Fsp3) is 1.00. The van der Waals surface area contributed by atoms with Crippen LogP contribution in [0.5, 0.6) is 0 Å². The van der Waals surface area contributed by atoms with Crippen LogP contribution in [0.2, 0.25) is 0 Å². The molecule has 1 N–H and O–H groups in total. The molecule has 1 aliphatic heterocycles. The minimum atomic E-state index is 0.295. The number of hydrogen-bond acceptors (Lipinski definition) is 3. The van der Waals surface area contributed by atoms with Crippen LogP contribution in [0.3, 0.4) is 0 Å². The average molecular weight is 228 g/mol. The molecule has 1 aliphatic rings. The van der Waals surface area contributed by atoms with Gasteiger partial charge in [0.2, 0.25) is 0 Å². The zero-order valence-corrected chi connectivity index (χ0v) is 11.2. The first kappa shape index (κ1) is 13.9. The molecule has 3 heteroatoms. The number of hydrogen-bond donors (Lipinski definition) is 1. The molecule has 1 heterocycles. The minimum absolute atomic E-state index is 0.295. The summed E-state index contributed by atoms with van der Waals surface area (Å²) in [6, 6.07) is 0. The summed E-state index contributed by atoms with van der Waals surface area (Å²) in [4.78, 5) is 4.91. The molecule has 0 unspecified atom stereocenters. The number of nitrogens with zero attached hydrogens (tertiary/aromatic N) is 2. The van der Waals surface area contributed by atoms with Crippen LogP contribution in [0.15, 0.2) is 0 Å². The molecular formula is C13H28N2O. The molecule has 1 fully saturated rings. The summed E-state index contributed by atoms with van der Waals surface area (Å²) in [6.07, 6.45) is 2.56. The maximum Gasteiger partial charge on any atom is 0.0558 e. The number of aliphatic hydroxyl groups excluding tert-OH is 1. The van der Waals surface area contributed by atoms with Crippen molar-refractivity contribution < 1.29 is 5.11 Å². The van der Waals surface area contributed by atoms with Crippen molar-refractivity contribution >= 4 is 0 Å². The van der Waals surface area contributed by atoms with Crippen LogP contribution in [-0.2, 0) is 0 Å². The highest BCUT2D eigenvalue weighted by atomic mass is 16.3. The van der Waals surface area contributed by atoms with E-state index < -0.39 is 0 Å². The van der Waals surface area contributed by atoms with Gasteiger partial charge < -0.3 is 10.0 Å². The lowest BCUT2D eigenvalue weighted by atomic mass is 9.86. The molecule has 0 amide bonds. The first-order valence-electron chi connectivity index (χ1n) is 6.63. The monoisotopic (exact) mass is 228 g/mol. The van der Waals surface area contributed by atoms with E-state index in [4.69, 9.17) is 5.11 Å². The molecule has 1 rings (SSSR count). The molecule has 0 aliphatic carbocycles. The Labute approximate surface area is 100 Å². The Morgan fingerprint density at radius 1 is 1.00 bits per heavy atom. The van der Waals surface area contributed by atoms with E-state index in [1.807, 2.05) is 0 Å². The zero-order valence-electron chi connectivity index (χ0n) is 11.2. The molecule has 0 spiro atoms. The second-order valence-electron chi connectivity index (χ2n) is 5.67. The normalized spacial score (nSPS) is 20.2. The van der Waals surface area contributed by atoms with Gasteiger partial charge in [-0.05, 0) is 18.4 Å². The zero-order chi connectivity index (χ0) is 12.0. The van der Waals surface area contributed by atoms with Gasteiger partial charge >= 0.3 is 0 Å². The second-order valence-corrected chi connectivity index (χ2v) is 5.67. The van der Waals surface area contributed by atoms with Crippen molar-refractivity contribution in [1.82, 2.24) is 9.80 Å². The van der Waals surface area contributed by atoms with E-state index in [0.717, 1.165) is 19.6 Å². The third kappa shape index (κ3) is 4.81. The molecule has 0 saturated carbocycles. The number of rotatable bonds is 6. The molecule has 0 aromatic rings. The highest BCUT2D eigenvalue weighted by Gasteiger charge is 2.20. The van der Waals surface area contributed by atoms with Gasteiger partial charge in [-0.1, -0.05) is 27.2 Å². The van der Waals surface area contributed by atoms with Crippen molar-refractivity contribution in [1.29, 1.82) is 0 Å². The molecule has 0 aromatic carbocycles. The maximum absolute atomic E-state index is 8.87. The Hall–Kier alpha value is -0.120. The Bertz CT molecular complexity index is 186. The maximum atomic E-state index is 8.87. The SMILES string of the molecule is CCC(C)(C)CCN1CCN(CCO)CC1. The highest BCUT2D eigenvalue weighted by molar-refractivity contribution is 4.74. The quantitative estimate of drug-likeness (QED) is 0.745. The molecule has 0 bridgehead atoms. The first-order valence-corrected chi connectivity index (χ1v) is 6.63. The van der Waals surface area contributed by atoms with Crippen molar-refractivity contribution in [3.8, 4) is 0 Å². The molecule has 3 nitrogen and oxygen atoms in total. The van der Waals surface area contributed by atoms with Gasteiger partial charge in [0.25, 0.3) is 0 Å². The third-order valence-corrected chi connectivity index (χ3v) is 3.94. The molecule has 96 valence electrons. The van der Waals surface area contributed by atoms with Crippen LogP contribution in [-0.4, -0.2) is 60.8 Å². The van der Waals surface area contributed by atoms with Crippen molar-refractivity contribution in [3.63, 3.8) is 0 Å². The first-order chi connectivity index (χ1) is 7.57. The van der Waals surface area contributed by atoms with Gasteiger partial charge in [0.15, 0.2) is 0 Å². The van der Waals surface area contributed by atoms with Crippen molar-refractivity contribution in [2.45, 2.75) is 33.6 Å². The van der Waals surface area contributed by atoms with Gasteiger partial charge in [-0.3, -0.25) is 4.90 Å². The minimum Gasteiger partial charge on any atom is -0.395 e. The lowest BCUT2D eigenvalue weighted by Gasteiger charge is -2.36. The predicted octanol–water partition coefficient (Wildman–Crippen LogP) is 1.42. The van der Waals surface area contributed by atoms with E-state index in [1.54, 1.807) is 0 Å². The summed E-state index contributed by atoms with van der Waals surface area (Å²) in [7, 11) is 0. The summed E-state index contributed by atoms with van der Waals surface area (Å²) in [5, 5.41) is 8.87. The average Bonchev–Trinajstić information content (AvgIpc) is 2.29. The summed E-state index contributed by atoms with van der Waals surface area (Å²) in [5.74, 6) is 0. The van der Waals surface area contributed by atoms with Crippen LogP contribution in [0.4, 0.5) is 0 Å². The van der Waals surface area contributed by atoms with Crippen molar-refractivity contribution in [2.24, 2.45) is 5.41 Å². The third-order valence-electron chi connectivity index (χ3n) is 3.94. The summed E-state index contributed by atoms with van der Waals surface area (Å²) in [5.41, 5.74) is 0.488. The smallest absolute Gasteiger partial charge is 0.0558 e. The lowest BCUT2D eigenvalue weighted by molar-refractivity contribution is 0.102. The van der Waals surface area contributed by atoms with Crippen LogP contribution in [0, 0.1) is 5.41 Å². The molecule has 1 saturated heterocycles. The molecule has 0 atom stereocenters. The second kappa shape index (κ2) is 6.58. The Balaban J connectivity index is 2.17. The largest absolute Gasteiger partial charge is 0.395 e. The van der Waals surface area contributed by atoms with Crippen LogP contribution in [0.1, 0.15) is 33.6 Å². The Morgan fingerprint density at radius 3 is 1.94 bits per heavy atom. The van der Waals surface area contributed by atoms with Gasteiger partial charge in [-0.25, -0.2) is 0 Å². The predicted molar refractivity (Wildman–Crippen MR) is 68.7 cm³/mol. The molecule has 0 radical (unpaired) electrons. The molecule has 0 aromatic heterocycles. The van der Waals surface area contributed by atoms with Crippen molar-refractivity contribution in [2.75, 3.05) is 45.9 Å². The topological polar surface area (TPSA) is 26.7 Å². The van der Waals surface area contributed by atoms with Crippen LogP contribution < -0.4 is 0 Å². The fourth-order valence-electron chi connectivity index (χ4n) is 2.02. The van der Waals surface area contributed by atoms with E-state index in [9.17, 15) is 0 Å². The number of β-amino-alcohol motifs (C(OH)–C–C–N with tert-alkyl or cyclic N) is 1. The lowest BCUT2D eigenvalue weighted by Crippen LogP contribution is -2.47. The van der Waals surface area contributed by atoms with Gasteiger partial charge in [0.05, 0.1) is 6.61 Å². The number of aliphatic hydroxyl groups is 1. The van der Waals surface area contributed by atoms with Crippen molar-refractivity contribution in [3.05, 3.63) is 0 Å². The molecule has 16 heavy (non-hydrogen) atoms. The van der Waals surface area contributed by atoms with E-state index >= 15 is 0 Å². The van der Waals surface area contributed by atoms with E-state index in [2.05, 4.69) is 30.6 Å². The Morgan fingerprint density at radius 2 is 1.50 bits per heavy atom. The summed E-state index contributed by atoms with van der Waals surface area (Å²) < 4.78 is 0. The van der Waals surface area contributed by atoms with Crippen LogP contribution >= 0.6 is 0 Å². The van der Waals surface area contributed by atoms with E-state index in [0.29, 0.717) is 12.0 Å². The summed E-state index contributed by atoms with van der Waals surface area (Å²) >= 11 is 0. The number of piperazine rings is 1. The van der Waals surface area contributed by atoms with Crippen LogP contribution in [0.25, 0.3) is 0 Å². The standard InChI is InChI=1S/C13H28N2O/c1-4-13(2,3)5-6-14-7-9-15(10-8-14)11-12-16/h16H,4-12H2,1-3H3. The van der Waals surface area contributed by atoms with Gasteiger partial charge in [0.1, 0.15) is 0 Å². The van der Waals surface area contributed by atoms with E-state index in [1.165, 1.54) is 32.5 Å². The van der Waals surface area contributed by atoms with E-state index in [-0.39, 0.29) is 0 Å². The molecular weight excluding hydrogens is 200 g/mol. The highest BCUT2D eigenvalue weighted by Crippen LogP contribution is 2.24. The Kier molecular flexibility index (Phi) is 5.73.